The highest BCUT2D eigenvalue weighted by molar-refractivity contribution is 5.60. The van der Waals surface area contributed by atoms with Gasteiger partial charge in [-0.15, -0.1) is 0 Å². The van der Waals surface area contributed by atoms with Crippen molar-refractivity contribution in [3.8, 4) is 5.69 Å². The predicted octanol–water partition coefficient (Wildman–Crippen LogP) is 2.75. The Bertz CT molecular complexity index is 923. The second-order valence-corrected chi connectivity index (χ2v) is 5.67. The zero-order chi connectivity index (χ0) is 18.7. The summed E-state index contributed by atoms with van der Waals surface area (Å²) in [7, 11) is 3.51. The number of benzene rings is 1. The van der Waals surface area contributed by atoms with Crippen LogP contribution >= 0.6 is 0 Å². The molecule has 0 saturated heterocycles. The third-order valence-corrected chi connectivity index (χ3v) is 3.67. The molecule has 7 nitrogen and oxygen atoms in total. The molecule has 2 aromatic heterocycles. The first-order chi connectivity index (χ1) is 12.5. The standard InChI is InChI=1S/C17H19F2N7/c1-10-6-14(21-3)25-17(23-10)24-13-5-4-12(18)16(15(13)19)26-9-11(7-20-2)8-22-26/h4-6,8-9,20H,7H2,1-3H3,(H2,21,23,24,25). The van der Waals surface area contributed by atoms with Gasteiger partial charge in [0, 0.05) is 37.1 Å². The Morgan fingerprint density at radius 2 is 1.96 bits per heavy atom. The molecular weight excluding hydrogens is 340 g/mol. The maximum absolute atomic E-state index is 14.9. The fraction of sp³-hybridized carbons (Fsp3) is 0.235. The average molecular weight is 359 g/mol. The molecule has 0 aliphatic carbocycles. The van der Waals surface area contributed by atoms with Crippen molar-refractivity contribution in [3.63, 3.8) is 0 Å². The first-order valence-corrected chi connectivity index (χ1v) is 7.98. The van der Waals surface area contributed by atoms with E-state index in [0.29, 0.717) is 18.1 Å². The normalized spacial score (nSPS) is 10.8. The molecule has 3 N–H and O–H groups in total. The van der Waals surface area contributed by atoms with E-state index in [0.717, 1.165) is 5.56 Å². The summed E-state index contributed by atoms with van der Waals surface area (Å²) in [6.45, 7) is 2.35. The van der Waals surface area contributed by atoms with Crippen molar-refractivity contribution in [2.24, 2.45) is 0 Å². The van der Waals surface area contributed by atoms with Crippen molar-refractivity contribution < 1.29 is 8.78 Å². The van der Waals surface area contributed by atoms with E-state index in [1.54, 1.807) is 39.5 Å². The third kappa shape index (κ3) is 3.62. The summed E-state index contributed by atoms with van der Waals surface area (Å²) >= 11 is 0. The highest BCUT2D eigenvalue weighted by Gasteiger charge is 2.17. The summed E-state index contributed by atoms with van der Waals surface area (Å²) < 4.78 is 30.4. The van der Waals surface area contributed by atoms with Crippen LogP contribution in [0, 0.1) is 18.6 Å². The molecule has 0 saturated carbocycles. The van der Waals surface area contributed by atoms with Crippen LogP contribution in [-0.4, -0.2) is 33.8 Å². The van der Waals surface area contributed by atoms with Crippen molar-refractivity contribution in [1.82, 2.24) is 25.1 Å². The summed E-state index contributed by atoms with van der Waals surface area (Å²) in [6, 6.07) is 4.23. The molecule has 3 aromatic rings. The lowest BCUT2D eigenvalue weighted by molar-refractivity contribution is 0.562. The van der Waals surface area contributed by atoms with Crippen LogP contribution in [0.4, 0.5) is 26.2 Å². The lowest BCUT2D eigenvalue weighted by Gasteiger charge is -2.12. The molecule has 0 fully saturated rings. The molecule has 3 rings (SSSR count). The van der Waals surface area contributed by atoms with E-state index < -0.39 is 11.6 Å². The summed E-state index contributed by atoms with van der Waals surface area (Å²) in [5.41, 5.74) is 1.31. The van der Waals surface area contributed by atoms with Crippen molar-refractivity contribution in [1.29, 1.82) is 0 Å². The zero-order valence-corrected chi connectivity index (χ0v) is 14.6. The first-order valence-electron chi connectivity index (χ1n) is 7.98. The van der Waals surface area contributed by atoms with Crippen LogP contribution in [0.15, 0.2) is 30.6 Å². The fourth-order valence-electron chi connectivity index (χ4n) is 2.50. The molecule has 0 radical (unpaired) electrons. The number of rotatable bonds is 6. The van der Waals surface area contributed by atoms with Crippen molar-refractivity contribution >= 4 is 17.5 Å². The maximum atomic E-state index is 14.9. The van der Waals surface area contributed by atoms with Crippen LogP contribution in [0.1, 0.15) is 11.3 Å². The van der Waals surface area contributed by atoms with Gasteiger partial charge in [0.15, 0.2) is 11.6 Å². The Labute approximate surface area is 149 Å². The van der Waals surface area contributed by atoms with Gasteiger partial charge in [-0.3, -0.25) is 0 Å². The smallest absolute Gasteiger partial charge is 0.229 e. The molecular formula is C17H19F2N7. The third-order valence-electron chi connectivity index (χ3n) is 3.67. The lowest BCUT2D eigenvalue weighted by Crippen LogP contribution is -2.08. The zero-order valence-electron chi connectivity index (χ0n) is 14.6. The van der Waals surface area contributed by atoms with Crippen LogP contribution in [0.25, 0.3) is 5.69 Å². The van der Waals surface area contributed by atoms with Gasteiger partial charge in [-0.1, -0.05) is 0 Å². The number of anilines is 3. The molecule has 0 atom stereocenters. The topological polar surface area (TPSA) is 79.7 Å². The highest BCUT2D eigenvalue weighted by Crippen LogP contribution is 2.26. The lowest BCUT2D eigenvalue weighted by atomic mass is 10.2. The van der Waals surface area contributed by atoms with Crippen LogP contribution in [0.5, 0.6) is 0 Å². The van der Waals surface area contributed by atoms with Gasteiger partial charge in [-0.2, -0.15) is 10.1 Å². The minimum Gasteiger partial charge on any atom is -0.373 e. The maximum Gasteiger partial charge on any atom is 0.229 e. The van der Waals surface area contributed by atoms with Gasteiger partial charge >= 0.3 is 0 Å². The number of nitrogens with zero attached hydrogens (tertiary/aromatic N) is 4. The minimum atomic E-state index is -0.778. The number of aryl methyl sites for hydroxylation is 1. The Hall–Kier alpha value is -3.07. The van der Waals surface area contributed by atoms with E-state index in [1.165, 1.54) is 16.8 Å². The minimum absolute atomic E-state index is 0.0553. The van der Waals surface area contributed by atoms with Gasteiger partial charge in [0.05, 0.1) is 11.9 Å². The fourth-order valence-corrected chi connectivity index (χ4v) is 2.50. The molecule has 1 aromatic carbocycles. The molecule has 0 bridgehead atoms. The van der Waals surface area contributed by atoms with Gasteiger partial charge in [0.25, 0.3) is 0 Å². The molecule has 9 heteroatoms. The van der Waals surface area contributed by atoms with Crippen molar-refractivity contribution in [2.75, 3.05) is 24.7 Å². The Kier molecular flexibility index (Phi) is 5.08. The second kappa shape index (κ2) is 7.44. The summed E-state index contributed by atoms with van der Waals surface area (Å²) in [5, 5.41) is 12.7. The highest BCUT2D eigenvalue weighted by atomic mass is 19.1. The number of aromatic nitrogens is 4. The quantitative estimate of drug-likeness (QED) is 0.628. The van der Waals surface area contributed by atoms with E-state index in [2.05, 4.69) is 31.0 Å². The number of hydrogen-bond acceptors (Lipinski definition) is 6. The molecule has 0 aliphatic heterocycles. The van der Waals surface area contributed by atoms with Crippen molar-refractivity contribution in [2.45, 2.75) is 13.5 Å². The van der Waals surface area contributed by atoms with Crippen molar-refractivity contribution in [3.05, 3.63) is 53.5 Å². The number of halogens is 2. The Balaban J connectivity index is 1.98. The molecule has 136 valence electrons. The molecule has 0 spiro atoms. The van der Waals surface area contributed by atoms with Crippen LogP contribution < -0.4 is 16.0 Å². The van der Waals surface area contributed by atoms with Gasteiger partial charge in [-0.05, 0) is 26.1 Å². The second-order valence-electron chi connectivity index (χ2n) is 5.67. The van der Waals surface area contributed by atoms with Crippen LogP contribution in [-0.2, 0) is 6.54 Å². The van der Waals surface area contributed by atoms with E-state index in [1.807, 2.05) is 0 Å². The van der Waals surface area contributed by atoms with Crippen LogP contribution in [0.2, 0.25) is 0 Å². The van der Waals surface area contributed by atoms with E-state index in [4.69, 9.17) is 0 Å². The molecule has 2 heterocycles. The van der Waals surface area contributed by atoms with Gasteiger partial charge in [-0.25, -0.2) is 18.4 Å². The SMILES string of the molecule is CNCc1cnn(-c2c(F)ccc(Nc3nc(C)cc(NC)n3)c2F)c1. The van der Waals surface area contributed by atoms with E-state index >= 15 is 0 Å². The average Bonchev–Trinajstić information content (AvgIpc) is 3.05. The summed E-state index contributed by atoms with van der Waals surface area (Å²) in [5.74, 6) is -0.692. The molecule has 0 unspecified atom stereocenters. The summed E-state index contributed by atoms with van der Waals surface area (Å²) in [4.78, 5) is 8.44. The Morgan fingerprint density at radius 1 is 1.15 bits per heavy atom. The monoisotopic (exact) mass is 359 g/mol. The van der Waals surface area contributed by atoms with Gasteiger partial charge < -0.3 is 16.0 Å². The first kappa shape index (κ1) is 17.7. The molecule has 0 amide bonds. The van der Waals surface area contributed by atoms with E-state index in [-0.39, 0.29) is 17.3 Å². The Morgan fingerprint density at radius 3 is 2.69 bits per heavy atom. The summed E-state index contributed by atoms with van der Waals surface area (Å²) in [6.07, 6.45) is 3.13. The number of hydrogen-bond donors (Lipinski definition) is 3. The van der Waals surface area contributed by atoms with Gasteiger partial charge in [0.2, 0.25) is 5.95 Å². The van der Waals surface area contributed by atoms with Gasteiger partial charge in [0.1, 0.15) is 11.5 Å². The molecule has 26 heavy (non-hydrogen) atoms. The van der Waals surface area contributed by atoms with Crippen LogP contribution in [0.3, 0.4) is 0 Å². The van der Waals surface area contributed by atoms with E-state index in [9.17, 15) is 8.78 Å². The largest absolute Gasteiger partial charge is 0.373 e. The number of nitrogens with one attached hydrogen (secondary N) is 3. The molecule has 0 aliphatic rings. The predicted molar refractivity (Wildman–Crippen MR) is 95.8 cm³/mol.